The molecule has 0 aliphatic heterocycles. The van der Waals surface area contributed by atoms with Crippen LogP contribution in [-0.2, 0) is 9.53 Å². The summed E-state index contributed by atoms with van der Waals surface area (Å²) < 4.78 is 5.27. The molecular weight excluding hydrogens is 274 g/mol. The molecule has 22 heavy (non-hydrogen) atoms. The standard InChI is InChI=1S/C19H21NO2/c1-19(2,3)22-17(21)14-20-18(15-10-6-4-7-11-15)16-12-8-5-9-13-16/h4-14,18H,1-3H3. The monoisotopic (exact) mass is 295 g/mol. The van der Waals surface area contributed by atoms with Crippen LogP contribution in [-0.4, -0.2) is 17.8 Å². The molecule has 0 fully saturated rings. The molecule has 3 nitrogen and oxygen atoms in total. The van der Waals surface area contributed by atoms with Gasteiger partial charge in [-0.05, 0) is 31.9 Å². The SMILES string of the molecule is CC(C)(C)OC(=O)C=NC(c1ccccc1)c1ccccc1. The Bertz CT molecular complexity index is 588. The second kappa shape index (κ2) is 7.03. The predicted molar refractivity (Wildman–Crippen MR) is 89.1 cm³/mol. The number of ether oxygens (including phenoxy) is 1. The molecular formula is C19H21NO2. The average molecular weight is 295 g/mol. The minimum atomic E-state index is -0.516. The van der Waals surface area contributed by atoms with Crippen LogP contribution in [0.15, 0.2) is 65.7 Å². The molecule has 114 valence electrons. The quantitative estimate of drug-likeness (QED) is 0.626. The van der Waals surface area contributed by atoms with Crippen molar-refractivity contribution in [1.82, 2.24) is 0 Å². The number of hydrogen-bond donors (Lipinski definition) is 0. The van der Waals surface area contributed by atoms with Crippen molar-refractivity contribution in [2.45, 2.75) is 32.4 Å². The molecule has 0 unspecified atom stereocenters. The lowest BCUT2D eigenvalue weighted by atomic mass is 9.99. The number of benzene rings is 2. The Morgan fingerprint density at radius 3 is 1.82 bits per heavy atom. The summed E-state index contributed by atoms with van der Waals surface area (Å²) in [6.45, 7) is 5.51. The van der Waals surface area contributed by atoms with Gasteiger partial charge in [-0.25, -0.2) is 4.79 Å². The van der Waals surface area contributed by atoms with Crippen molar-refractivity contribution in [1.29, 1.82) is 0 Å². The predicted octanol–water partition coefficient (Wildman–Crippen LogP) is 4.19. The van der Waals surface area contributed by atoms with Crippen molar-refractivity contribution >= 4 is 12.2 Å². The zero-order valence-electron chi connectivity index (χ0n) is 13.2. The van der Waals surface area contributed by atoms with E-state index in [1.807, 2.05) is 81.4 Å². The maximum absolute atomic E-state index is 11.9. The fraction of sp³-hybridized carbons (Fsp3) is 0.263. The first kappa shape index (κ1) is 16.0. The van der Waals surface area contributed by atoms with Crippen LogP contribution in [0.5, 0.6) is 0 Å². The maximum Gasteiger partial charge on any atom is 0.349 e. The molecule has 0 radical (unpaired) electrons. The molecule has 0 saturated carbocycles. The second-order valence-electron chi connectivity index (χ2n) is 6.04. The van der Waals surface area contributed by atoms with Gasteiger partial charge in [-0.2, -0.15) is 0 Å². The lowest BCUT2D eigenvalue weighted by Crippen LogP contribution is -2.24. The largest absolute Gasteiger partial charge is 0.456 e. The van der Waals surface area contributed by atoms with Gasteiger partial charge in [0.25, 0.3) is 0 Å². The van der Waals surface area contributed by atoms with E-state index in [0.717, 1.165) is 11.1 Å². The highest BCUT2D eigenvalue weighted by molar-refractivity contribution is 6.23. The van der Waals surface area contributed by atoms with Gasteiger partial charge in [-0.1, -0.05) is 60.7 Å². The van der Waals surface area contributed by atoms with Crippen molar-refractivity contribution in [2.24, 2.45) is 4.99 Å². The van der Waals surface area contributed by atoms with E-state index in [1.54, 1.807) is 0 Å². The molecule has 0 bridgehead atoms. The Balaban J connectivity index is 2.25. The Hall–Kier alpha value is -2.42. The average Bonchev–Trinajstić information content (AvgIpc) is 2.48. The number of rotatable bonds is 4. The maximum atomic E-state index is 11.9. The highest BCUT2D eigenvalue weighted by atomic mass is 16.6. The van der Waals surface area contributed by atoms with Crippen LogP contribution >= 0.6 is 0 Å². The molecule has 3 heteroatoms. The van der Waals surface area contributed by atoms with E-state index in [4.69, 9.17) is 4.74 Å². The molecule has 0 aliphatic rings. The Labute approximate surface area is 131 Å². The first-order valence-corrected chi connectivity index (χ1v) is 7.32. The zero-order valence-corrected chi connectivity index (χ0v) is 13.2. The number of hydrogen-bond acceptors (Lipinski definition) is 3. The molecule has 2 aromatic rings. The molecule has 0 atom stereocenters. The highest BCUT2D eigenvalue weighted by Crippen LogP contribution is 2.25. The number of carbonyl (C=O) groups excluding carboxylic acids is 1. The summed E-state index contributed by atoms with van der Waals surface area (Å²) in [6, 6.07) is 19.6. The van der Waals surface area contributed by atoms with Gasteiger partial charge in [0.1, 0.15) is 17.9 Å². The normalized spacial score (nSPS) is 11.8. The number of nitrogens with zero attached hydrogens (tertiary/aromatic N) is 1. The van der Waals surface area contributed by atoms with Gasteiger partial charge in [0, 0.05) is 0 Å². The Morgan fingerprint density at radius 1 is 0.955 bits per heavy atom. The van der Waals surface area contributed by atoms with Gasteiger partial charge in [0.05, 0.1) is 0 Å². The summed E-state index contributed by atoms with van der Waals surface area (Å²) >= 11 is 0. The van der Waals surface area contributed by atoms with Crippen molar-refractivity contribution in [3.63, 3.8) is 0 Å². The number of aliphatic imine (C=N–C) groups is 1. The first-order valence-electron chi connectivity index (χ1n) is 7.32. The van der Waals surface area contributed by atoms with Gasteiger partial charge in [-0.15, -0.1) is 0 Å². The third-order valence-electron chi connectivity index (χ3n) is 2.97. The van der Waals surface area contributed by atoms with E-state index in [2.05, 4.69) is 4.99 Å². The van der Waals surface area contributed by atoms with E-state index in [0.29, 0.717) is 0 Å². The topological polar surface area (TPSA) is 38.7 Å². The van der Waals surface area contributed by atoms with Gasteiger partial charge in [-0.3, -0.25) is 4.99 Å². The van der Waals surface area contributed by atoms with Crippen LogP contribution in [0.1, 0.15) is 37.9 Å². The number of esters is 1. The van der Waals surface area contributed by atoms with Crippen LogP contribution in [0.4, 0.5) is 0 Å². The lowest BCUT2D eigenvalue weighted by molar-refractivity contribution is -0.145. The smallest absolute Gasteiger partial charge is 0.349 e. The molecule has 0 amide bonds. The van der Waals surface area contributed by atoms with Crippen molar-refractivity contribution < 1.29 is 9.53 Å². The molecule has 2 rings (SSSR count). The molecule has 0 N–H and O–H groups in total. The lowest BCUT2D eigenvalue weighted by Gasteiger charge is -2.18. The van der Waals surface area contributed by atoms with E-state index in [1.165, 1.54) is 6.21 Å². The molecule has 0 saturated heterocycles. The van der Waals surface area contributed by atoms with Gasteiger partial charge >= 0.3 is 5.97 Å². The van der Waals surface area contributed by atoms with Crippen LogP contribution in [0.2, 0.25) is 0 Å². The third kappa shape index (κ3) is 4.85. The van der Waals surface area contributed by atoms with Crippen molar-refractivity contribution in [3.8, 4) is 0 Å². The zero-order chi connectivity index (χ0) is 16.0. The van der Waals surface area contributed by atoms with Gasteiger partial charge < -0.3 is 4.74 Å². The third-order valence-corrected chi connectivity index (χ3v) is 2.97. The van der Waals surface area contributed by atoms with Crippen LogP contribution < -0.4 is 0 Å². The van der Waals surface area contributed by atoms with Crippen LogP contribution in [0.25, 0.3) is 0 Å². The fourth-order valence-electron chi connectivity index (χ4n) is 2.10. The van der Waals surface area contributed by atoms with Gasteiger partial charge in [0.2, 0.25) is 0 Å². The molecule has 2 aromatic carbocycles. The van der Waals surface area contributed by atoms with Crippen molar-refractivity contribution in [3.05, 3.63) is 71.8 Å². The molecule has 0 aliphatic carbocycles. The summed E-state index contributed by atoms with van der Waals surface area (Å²) in [4.78, 5) is 16.3. The van der Waals surface area contributed by atoms with E-state index >= 15 is 0 Å². The Kier molecular flexibility index (Phi) is 5.10. The minimum Gasteiger partial charge on any atom is -0.456 e. The van der Waals surface area contributed by atoms with Crippen LogP contribution in [0, 0.1) is 0 Å². The molecule has 0 aromatic heterocycles. The van der Waals surface area contributed by atoms with Crippen molar-refractivity contribution in [2.75, 3.05) is 0 Å². The summed E-state index contributed by atoms with van der Waals surface area (Å²) in [7, 11) is 0. The summed E-state index contributed by atoms with van der Waals surface area (Å²) in [5, 5.41) is 0. The summed E-state index contributed by atoms with van der Waals surface area (Å²) in [6.07, 6.45) is 1.27. The molecule has 0 heterocycles. The fourth-order valence-corrected chi connectivity index (χ4v) is 2.10. The van der Waals surface area contributed by atoms with E-state index in [9.17, 15) is 4.79 Å². The van der Waals surface area contributed by atoms with E-state index < -0.39 is 11.6 Å². The highest BCUT2D eigenvalue weighted by Gasteiger charge is 2.16. The van der Waals surface area contributed by atoms with Crippen LogP contribution in [0.3, 0.4) is 0 Å². The first-order chi connectivity index (χ1) is 10.5. The summed E-state index contributed by atoms with van der Waals surface area (Å²) in [5.74, 6) is -0.427. The Morgan fingerprint density at radius 2 is 1.41 bits per heavy atom. The molecule has 0 spiro atoms. The van der Waals surface area contributed by atoms with E-state index in [-0.39, 0.29) is 6.04 Å². The number of carbonyl (C=O) groups is 1. The summed E-state index contributed by atoms with van der Waals surface area (Å²) in [5.41, 5.74) is 1.56. The van der Waals surface area contributed by atoms with Gasteiger partial charge in [0.15, 0.2) is 0 Å². The second-order valence-corrected chi connectivity index (χ2v) is 6.04. The minimum absolute atomic E-state index is 0.213.